The maximum Gasteiger partial charge on any atom is 0.314 e. The van der Waals surface area contributed by atoms with E-state index in [0.29, 0.717) is 0 Å². The molecule has 0 spiro atoms. The van der Waals surface area contributed by atoms with Gasteiger partial charge >= 0.3 is 5.97 Å². The van der Waals surface area contributed by atoms with Gasteiger partial charge in [0.05, 0.1) is 10.9 Å². The van der Waals surface area contributed by atoms with Crippen LogP contribution in [0.1, 0.15) is 30.9 Å². The maximum atomic E-state index is 11.5. The Morgan fingerprint density at radius 1 is 1.44 bits per heavy atom. The molecule has 1 aromatic heterocycles. The van der Waals surface area contributed by atoms with Gasteiger partial charge in [-0.3, -0.25) is 4.79 Å². The zero-order valence-electron chi connectivity index (χ0n) is 10.7. The van der Waals surface area contributed by atoms with E-state index in [1.54, 1.807) is 0 Å². The van der Waals surface area contributed by atoms with Crippen molar-refractivity contribution in [2.75, 3.05) is 0 Å². The van der Waals surface area contributed by atoms with Crippen LogP contribution in [0.4, 0.5) is 0 Å². The molecule has 0 bridgehead atoms. The second-order valence-corrected chi connectivity index (χ2v) is 5.21. The molecule has 3 heteroatoms. The van der Waals surface area contributed by atoms with Gasteiger partial charge in [0, 0.05) is 18.6 Å². The lowest BCUT2D eigenvalue weighted by Crippen LogP contribution is -2.19. The van der Waals surface area contributed by atoms with Crippen LogP contribution in [0.15, 0.2) is 24.4 Å². The number of benzene rings is 1. The molecule has 1 fully saturated rings. The Balaban J connectivity index is 2.30. The molecule has 0 unspecified atom stereocenters. The van der Waals surface area contributed by atoms with Gasteiger partial charge in [0.2, 0.25) is 0 Å². The number of para-hydroxylation sites is 1. The highest BCUT2D eigenvalue weighted by Gasteiger charge is 2.53. The highest BCUT2D eigenvalue weighted by molar-refractivity contribution is 5.95. The van der Waals surface area contributed by atoms with E-state index in [-0.39, 0.29) is 0 Å². The van der Waals surface area contributed by atoms with Crippen LogP contribution in [0.2, 0.25) is 0 Å². The Kier molecular flexibility index (Phi) is 2.27. The smallest absolute Gasteiger partial charge is 0.314 e. The quantitative estimate of drug-likeness (QED) is 0.900. The van der Waals surface area contributed by atoms with Crippen molar-refractivity contribution in [2.45, 2.75) is 31.6 Å². The number of rotatable bonds is 3. The molecule has 18 heavy (non-hydrogen) atoms. The standard InChI is InChI=1S/C15H17NO2/c1-3-10-5-4-6-11-12(9-16(2)13(10)11)15(7-8-15)14(17)18/h4-6,9H,3,7-8H2,1-2H3,(H,17,18). The predicted octanol–water partition coefficient (Wildman–Crippen LogP) is 2.86. The summed E-state index contributed by atoms with van der Waals surface area (Å²) >= 11 is 0. The second kappa shape index (κ2) is 3.61. The Bertz CT molecular complexity index is 635. The number of carbonyl (C=O) groups is 1. The van der Waals surface area contributed by atoms with Crippen molar-refractivity contribution >= 4 is 16.9 Å². The van der Waals surface area contributed by atoms with Crippen molar-refractivity contribution in [3.63, 3.8) is 0 Å². The number of aliphatic carboxylic acids is 1. The highest BCUT2D eigenvalue weighted by Crippen LogP contribution is 2.51. The van der Waals surface area contributed by atoms with E-state index in [2.05, 4.69) is 17.6 Å². The van der Waals surface area contributed by atoms with E-state index in [9.17, 15) is 9.90 Å². The van der Waals surface area contributed by atoms with Crippen molar-refractivity contribution in [2.24, 2.45) is 7.05 Å². The Morgan fingerprint density at radius 2 is 2.17 bits per heavy atom. The van der Waals surface area contributed by atoms with Crippen molar-refractivity contribution < 1.29 is 9.90 Å². The van der Waals surface area contributed by atoms with Crippen molar-refractivity contribution in [1.82, 2.24) is 4.57 Å². The molecule has 1 heterocycles. The number of fused-ring (bicyclic) bond motifs is 1. The summed E-state index contributed by atoms with van der Waals surface area (Å²) in [4.78, 5) is 11.5. The molecular weight excluding hydrogens is 226 g/mol. The minimum absolute atomic E-state index is 0.619. The first kappa shape index (κ1) is 11.3. The van der Waals surface area contributed by atoms with Crippen LogP contribution < -0.4 is 0 Å². The van der Waals surface area contributed by atoms with Crippen molar-refractivity contribution in [1.29, 1.82) is 0 Å². The lowest BCUT2D eigenvalue weighted by molar-refractivity contribution is -0.140. The van der Waals surface area contributed by atoms with E-state index in [4.69, 9.17) is 0 Å². The van der Waals surface area contributed by atoms with Gasteiger partial charge in [0.15, 0.2) is 0 Å². The molecule has 94 valence electrons. The number of aryl methyl sites for hydroxylation is 2. The summed E-state index contributed by atoms with van der Waals surface area (Å²) in [5, 5.41) is 10.6. The van der Waals surface area contributed by atoms with Gasteiger partial charge in [-0.2, -0.15) is 0 Å². The van der Waals surface area contributed by atoms with Crippen molar-refractivity contribution in [3.05, 3.63) is 35.5 Å². The number of nitrogens with zero attached hydrogens (tertiary/aromatic N) is 1. The van der Waals surface area contributed by atoms with E-state index >= 15 is 0 Å². The summed E-state index contributed by atoms with van der Waals surface area (Å²) in [6.45, 7) is 2.13. The fourth-order valence-corrected chi connectivity index (χ4v) is 2.94. The molecular formula is C15H17NO2. The van der Waals surface area contributed by atoms with Crippen LogP contribution in [0, 0.1) is 0 Å². The predicted molar refractivity (Wildman–Crippen MR) is 70.8 cm³/mol. The van der Waals surface area contributed by atoms with Gasteiger partial charge in [0.25, 0.3) is 0 Å². The van der Waals surface area contributed by atoms with E-state index in [1.807, 2.05) is 25.4 Å². The Morgan fingerprint density at radius 3 is 2.72 bits per heavy atom. The highest BCUT2D eigenvalue weighted by atomic mass is 16.4. The Hall–Kier alpha value is -1.77. The van der Waals surface area contributed by atoms with Crippen LogP contribution in [0.3, 0.4) is 0 Å². The molecule has 3 rings (SSSR count). The molecule has 2 aromatic rings. The average Bonchev–Trinajstić information content (AvgIpc) is 3.10. The Labute approximate surface area is 106 Å². The topological polar surface area (TPSA) is 42.2 Å². The number of carboxylic acid groups (broad SMARTS) is 1. The molecule has 1 aromatic carbocycles. The van der Waals surface area contributed by atoms with Gasteiger partial charge in [-0.25, -0.2) is 0 Å². The minimum Gasteiger partial charge on any atom is -0.481 e. The lowest BCUT2D eigenvalue weighted by Gasteiger charge is -2.08. The third-order valence-electron chi connectivity index (χ3n) is 4.14. The zero-order valence-corrected chi connectivity index (χ0v) is 10.7. The lowest BCUT2D eigenvalue weighted by atomic mass is 9.94. The molecule has 0 aliphatic heterocycles. The molecule has 1 aliphatic carbocycles. The minimum atomic E-state index is -0.683. The molecule has 3 nitrogen and oxygen atoms in total. The first-order valence-electron chi connectivity index (χ1n) is 6.41. The zero-order chi connectivity index (χ0) is 12.9. The molecule has 0 atom stereocenters. The van der Waals surface area contributed by atoms with Crippen LogP contribution in [-0.2, 0) is 23.7 Å². The maximum absolute atomic E-state index is 11.5. The van der Waals surface area contributed by atoms with Crippen molar-refractivity contribution in [3.8, 4) is 0 Å². The average molecular weight is 243 g/mol. The summed E-state index contributed by atoms with van der Waals surface area (Å²) < 4.78 is 2.08. The van der Waals surface area contributed by atoms with Gasteiger partial charge in [-0.1, -0.05) is 25.1 Å². The summed E-state index contributed by atoms with van der Waals surface area (Å²) in [5.41, 5.74) is 2.83. The fraction of sp³-hybridized carbons (Fsp3) is 0.400. The summed E-state index contributed by atoms with van der Waals surface area (Å²) in [5.74, 6) is -0.683. The van der Waals surface area contributed by atoms with E-state index < -0.39 is 11.4 Å². The molecule has 1 saturated carbocycles. The van der Waals surface area contributed by atoms with E-state index in [1.165, 1.54) is 11.1 Å². The normalized spacial score (nSPS) is 17.0. The number of hydrogen-bond donors (Lipinski definition) is 1. The van der Waals surface area contributed by atoms with Crippen LogP contribution in [-0.4, -0.2) is 15.6 Å². The van der Waals surface area contributed by atoms with Crippen LogP contribution in [0.5, 0.6) is 0 Å². The van der Waals surface area contributed by atoms with Gasteiger partial charge < -0.3 is 9.67 Å². The summed E-state index contributed by atoms with van der Waals surface area (Å²) in [6.07, 6.45) is 4.50. The molecule has 0 radical (unpaired) electrons. The van der Waals surface area contributed by atoms with Gasteiger partial charge in [0.1, 0.15) is 0 Å². The molecule has 0 amide bonds. The number of aromatic nitrogens is 1. The number of hydrogen-bond acceptors (Lipinski definition) is 1. The van der Waals surface area contributed by atoms with E-state index in [0.717, 1.165) is 30.2 Å². The van der Waals surface area contributed by atoms with Crippen LogP contribution in [0.25, 0.3) is 10.9 Å². The third kappa shape index (κ3) is 1.33. The first-order valence-corrected chi connectivity index (χ1v) is 6.41. The monoisotopic (exact) mass is 243 g/mol. The summed E-state index contributed by atoms with van der Waals surface area (Å²) in [6, 6.07) is 6.20. The van der Waals surface area contributed by atoms with Crippen LogP contribution >= 0.6 is 0 Å². The second-order valence-electron chi connectivity index (χ2n) is 5.21. The summed E-state index contributed by atoms with van der Waals surface area (Å²) in [7, 11) is 2.00. The number of carboxylic acids is 1. The fourth-order valence-electron chi connectivity index (χ4n) is 2.94. The SMILES string of the molecule is CCc1cccc2c(C3(C(=O)O)CC3)cn(C)c12. The molecule has 1 N–H and O–H groups in total. The molecule has 0 saturated heterocycles. The van der Waals surface area contributed by atoms with Gasteiger partial charge in [-0.15, -0.1) is 0 Å². The first-order chi connectivity index (χ1) is 8.60. The molecule has 1 aliphatic rings. The largest absolute Gasteiger partial charge is 0.481 e. The van der Waals surface area contributed by atoms with Gasteiger partial charge in [-0.05, 0) is 30.4 Å². The third-order valence-corrected chi connectivity index (χ3v) is 4.14.